The summed E-state index contributed by atoms with van der Waals surface area (Å²) in [5, 5.41) is 8.44. The van der Waals surface area contributed by atoms with Gasteiger partial charge in [-0.2, -0.15) is 10.2 Å². The Bertz CT molecular complexity index is 754. The van der Waals surface area contributed by atoms with Gasteiger partial charge in [-0.1, -0.05) is 0 Å². The summed E-state index contributed by atoms with van der Waals surface area (Å²) in [6, 6.07) is 1.51. The number of aliphatic imine (C=N–C) groups is 2. The van der Waals surface area contributed by atoms with E-state index in [-0.39, 0.29) is 11.6 Å². The van der Waals surface area contributed by atoms with Gasteiger partial charge in [0.1, 0.15) is 17.5 Å². The first-order chi connectivity index (χ1) is 9.61. The maximum absolute atomic E-state index is 11.9. The van der Waals surface area contributed by atoms with Crippen LogP contribution in [0.5, 0.6) is 0 Å². The third-order valence-electron chi connectivity index (χ3n) is 2.98. The molecule has 7 heteroatoms. The molecule has 2 aromatic rings. The van der Waals surface area contributed by atoms with Crippen molar-refractivity contribution in [2.75, 3.05) is 0 Å². The van der Waals surface area contributed by atoms with Gasteiger partial charge in [0, 0.05) is 31.9 Å². The van der Waals surface area contributed by atoms with Crippen LogP contribution in [0.25, 0.3) is 5.69 Å². The van der Waals surface area contributed by atoms with Crippen molar-refractivity contribution in [3.8, 4) is 5.69 Å². The topological polar surface area (TPSA) is 77.4 Å². The van der Waals surface area contributed by atoms with Gasteiger partial charge in [-0.3, -0.25) is 19.5 Å². The molecule has 0 unspecified atom stereocenters. The van der Waals surface area contributed by atoms with Crippen molar-refractivity contribution in [1.29, 1.82) is 0 Å². The van der Waals surface area contributed by atoms with Gasteiger partial charge in [0.05, 0.1) is 18.1 Å². The molecular weight excluding hydrogens is 256 g/mol. The number of aromatic nitrogens is 4. The van der Waals surface area contributed by atoms with Crippen molar-refractivity contribution in [2.24, 2.45) is 17.0 Å². The lowest BCUT2D eigenvalue weighted by Crippen LogP contribution is -2.19. The van der Waals surface area contributed by atoms with Crippen molar-refractivity contribution >= 4 is 11.9 Å². The first kappa shape index (κ1) is 12.5. The molecule has 3 heterocycles. The van der Waals surface area contributed by atoms with Gasteiger partial charge >= 0.3 is 0 Å². The molecule has 0 radical (unpaired) electrons. The molecule has 2 aromatic heterocycles. The van der Waals surface area contributed by atoms with Gasteiger partial charge in [-0.15, -0.1) is 0 Å². The second-order valence-corrected chi connectivity index (χ2v) is 4.65. The second-order valence-electron chi connectivity index (χ2n) is 4.65. The van der Waals surface area contributed by atoms with Crippen LogP contribution in [0.3, 0.4) is 0 Å². The van der Waals surface area contributed by atoms with Crippen LogP contribution in [-0.2, 0) is 13.5 Å². The molecule has 20 heavy (non-hydrogen) atoms. The maximum atomic E-state index is 11.9. The van der Waals surface area contributed by atoms with Crippen LogP contribution in [0.1, 0.15) is 12.6 Å². The van der Waals surface area contributed by atoms with E-state index in [4.69, 9.17) is 0 Å². The summed E-state index contributed by atoms with van der Waals surface area (Å²) < 4.78 is 3.32. The summed E-state index contributed by atoms with van der Waals surface area (Å²) in [7, 11) is 1.83. The maximum Gasteiger partial charge on any atom is 0.203 e. The first-order valence-electron chi connectivity index (χ1n) is 6.29. The van der Waals surface area contributed by atoms with E-state index >= 15 is 0 Å². The predicted octanol–water partition coefficient (Wildman–Crippen LogP) is 0.380. The standard InChI is InChI=1S/C13H14N6O/c1-9-14-6-10(16-9)5-12-13(20)3-4-19(17-12)11-7-15-18(2)8-11/h3-4,6-9H,5H2,1-2H3/t9-/m1/s1. The number of rotatable bonds is 3. The molecule has 0 bridgehead atoms. The summed E-state index contributed by atoms with van der Waals surface area (Å²) in [5.74, 6) is 0. The molecule has 102 valence electrons. The fourth-order valence-corrected chi connectivity index (χ4v) is 2.00. The van der Waals surface area contributed by atoms with E-state index in [2.05, 4.69) is 20.2 Å². The zero-order valence-electron chi connectivity index (χ0n) is 11.3. The Balaban J connectivity index is 1.93. The van der Waals surface area contributed by atoms with E-state index in [9.17, 15) is 4.79 Å². The molecule has 1 aliphatic heterocycles. The third kappa shape index (κ3) is 2.42. The highest BCUT2D eigenvalue weighted by atomic mass is 16.1. The summed E-state index contributed by atoms with van der Waals surface area (Å²) in [5.41, 5.74) is 1.95. The molecule has 0 spiro atoms. The van der Waals surface area contributed by atoms with Crippen LogP contribution in [0, 0.1) is 0 Å². The van der Waals surface area contributed by atoms with Gasteiger partial charge in [-0.25, -0.2) is 4.68 Å². The Morgan fingerprint density at radius 3 is 2.90 bits per heavy atom. The Hall–Kier alpha value is -2.57. The summed E-state index contributed by atoms with van der Waals surface area (Å²) in [6.45, 7) is 1.90. The van der Waals surface area contributed by atoms with Crippen LogP contribution in [0.2, 0.25) is 0 Å². The lowest BCUT2D eigenvalue weighted by Gasteiger charge is -2.04. The molecule has 1 atom stereocenters. The van der Waals surface area contributed by atoms with E-state index < -0.39 is 0 Å². The SMILES string of the molecule is C[C@@H]1N=CC(Cc2nn(-c3cnn(C)c3)ccc2=O)=N1. The van der Waals surface area contributed by atoms with Crippen molar-refractivity contribution in [2.45, 2.75) is 19.5 Å². The average Bonchev–Trinajstić information content (AvgIpc) is 3.01. The number of hydrogen-bond acceptors (Lipinski definition) is 5. The summed E-state index contributed by atoms with van der Waals surface area (Å²) in [4.78, 5) is 20.4. The second kappa shape index (κ2) is 4.84. The molecule has 0 aliphatic carbocycles. The zero-order chi connectivity index (χ0) is 14.1. The Morgan fingerprint density at radius 2 is 2.25 bits per heavy atom. The van der Waals surface area contributed by atoms with Gasteiger partial charge < -0.3 is 0 Å². The van der Waals surface area contributed by atoms with Gasteiger partial charge in [0.15, 0.2) is 0 Å². The molecule has 0 fully saturated rings. The molecule has 1 aliphatic rings. The predicted molar refractivity (Wildman–Crippen MR) is 75.7 cm³/mol. The van der Waals surface area contributed by atoms with Crippen LogP contribution < -0.4 is 5.43 Å². The van der Waals surface area contributed by atoms with Gasteiger partial charge in [0.2, 0.25) is 5.43 Å². The molecule has 7 nitrogen and oxygen atoms in total. The Labute approximate surface area is 115 Å². The molecule has 0 aromatic carbocycles. The highest BCUT2D eigenvalue weighted by molar-refractivity contribution is 6.32. The summed E-state index contributed by atoms with van der Waals surface area (Å²) >= 11 is 0. The minimum absolute atomic E-state index is 0.0609. The van der Waals surface area contributed by atoms with Crippen LogP contribution in [-0.4, -0.2) is 37.7 Å². The highest BCUT2D eigenvalue weighted by Gasteiger charge is 2.12. The smallest absolute Gasteiger partial charge is 0.203 e. The molecule has 0 saturated heterocycles. The quantitative estimate of drug-likeness (QED) is 0.809. The van der Waals surface area contributed by atoms with E-state index in [1.807, 2.05) is 20.2 Å². The van der Waals surface area contributed by atoms with E-state index in [0.717, 1.165) is 11.4 Å². The van der Waals surface area contributed by atoms with Crippen molar-refractivity contribution in [1.82, 2.24) is 19.6 Å². The Kier molecular flexibility index (Phi) is 3.02. The molecule has 0 amide bonds. The third-order valence-corrected chi connectivity index (χ3v) is 2.98. The normalized spacial score (nSPS) is 17.5. The largest absolute Gasteiger partial charge is 0.288 e. The first-order valence-corrected chi connectivity index (χ1v) is 6.29. The van der Waals surface area contributed by atoms with Gasteiger partial charge in [0.25, 0.3) is 0 Å². The minimum Gasteiger partial charge on any atom is -0.288 e. The van der Waals surface area contributed by atoms with Crippen LogP contribution in [0.4, 0.5) is 0 Å². The lowest BCUT2D eigenvalue weighted by molar-refractivity contribution is 0.763. The van der Waals surface area contributed by atoms with E-state index in [1.54, 1.807) is 28.0 Å². The highest BCUT2D eigenvalue weighted by Crippen LogP contribution is 2.05. The molecule has 0 saturated carbocycles. The van der Waals surface area contributed by atoms with Gasteiger partial charge in [-0.05, 0) is 6.92 Å². The van der Waals surface area contributed by atoms with Crippen molar-refractivity contribution < 1.29 is 0 Å². The monoisotopic (exact) mass is 270 g/mol. The molecular formula is C13H14N6O. The minimum atomic E-state index is -0.0965. The Morgan fingerprint density at radius 1 is 1.40 bits per heavy atom. The van der Waals surface area contributed by atoms with Crippen molar-refractivity contribution in [3.63, 3.8) is 0 Å². The van der Waals surface area contributed by atoms with Crippen LogP contribution in [0.15, 0.2) is 39.4 Å². The van der Waals surface area contributed by atoms with Crippen LogP contribution >= 0.6 is 0 Å². The summed E-state index contributed by atoms with van der Waals surface area (Å²) in [6.07, 6.45) is 7.20. The lowest BCUT2D eigenvalue weighted by atomic mass is 10.2. The average molecular weight is 270 g/mol. The fraction of sp³-hybridized carbons (Fsp3) is 0.308. The number of hydrogen-bond donors (Lipinski definition) is 0. The van der Waals surface area contributed by atoms with E-state index in [1.165, 1.54) is 6.07 Å². The van der Waals surface area contributed by atoms with E-state index in [0.29, 0.717) is 12.1 Å². The fourth-order valence-electron chi connectivity index (χ4n) is 2.00. The molecule has 3 rings (SSSR count). The zero-order valence-corrected chi connectivity index (χ0v) is 11.3. The molecule has 0 N–H and O–H groups in total. The van der Waals surface area contributed by atoms with Crippen molar-refractivity contribution in [3.05, 3.63) is 40.6 Å². The number of aryl methyl sites for hydroxylation is 1. The number of nitrogens with zero attached hydrogens (tertiary/aromatic N) is 6.